The molecule has 2 atom stereocenters. The summed E-state index contributed by atoms with van der Waals surface area (Å²) < 4.78 is 5.65. The Labute approximate surface area is 157 Å². The monoisotopic (exact) mass is 359 g/mol. The normalized spacial score (nSPS) is 27.1. The highest BCUT2D eigenvalue weighted by atomic mass is 16.6. The maximum atomic E-state index is 12.7. The van der Waals surface area contributed by atoms with Crippen LogP contribution in [0.25, 0.3) is 0 Å². The molecular formula is C21H33N3O2. The number of hydrogen-bond donors (Lipinski definition) is 1. The molecule has 3 rings (SSSR count). The van der Waals surface area contributed by atoms with Gasteiger partial charge >= 0.3 is 6.09 Å². The van der Waals surface area contributed by atoms with E-state index in [1.54, 1.807) is 0 Å². The lowest BCUT2D eigenvalue weighted by Gasteiger charge is -2.48. The van der Waals surface area contributed by atoms with E-state index < -0.39 is 5.60 Å². The van der Waals surface area contributed by atoms with Crippen molar-refractivity contribution in [3.63, 3.8) is 0 Å². The average Bonchev–Trinajstić information content (AvgIpc) is 2.97. The summed E-state index contributed by atoms with van der Waals surface area (Å²) in [5.74, 6) is 0. The fourth-order valence-corrected chi connectivity index (χ4v) is 4.61. The lowest BCUT2D eigenvalue weighted by Crippen LogP contribution is -2.59. The van der Waals surface area contributed by atoms with Gasteiger partial charge in [0.25, 0.3) is 0 Å². The van der Waals surface area contributed by atoms with E-state index in [0.717, 1.165) is 45.4 Å². The second-order valence-corrected chi connectivity index (χ2v) is 8.84. The number of likely N-dealkylation sites (tertiary alicyclic amines) is 2. The Kier molecular flexibility index (Phi) is 5.58. The first-order chi connectivity index (χ1) is 12.3. The zero-order valence-corrected chi connectivity index (χ0v) is 16.4. The van der Waals surface area contributed by atoms with E-state index in [2.05, 4.69) is 35.2 Å². The molecule has 1 aromatic rings. The summed E-state index contributed by atoms with van der Waals surface area (Å²) in [5, 5.41) is 0. The first kappa shape index (κ1) is 19.2. The number of hydrogen-bond acceptors (Lipinski definition) is 4. The van der Waals surface area contributed by atoms with Crippen LogP contribution in [0.15, 0.2) is 30.3 Å². The molecule has 5 heteroatoms. The molecule has 2 aliphatic rings. The summed E-state index contributed by atoms with van der Waals surface area (Å²) in [7, 11) is 0. The first-order valence-electron chi connectivity index (χ1n) is 9.79. The van der Waals surface area contributed by atoms with E-state index in [4.69, 9.17) is 10.5 Å². The van der Waals surface area contributed by atoms with Gasteiger partial charge in [-0.25, -0.2) is 4.79 Å². The molecule has 2 aliphatic heterocycles. The lowest BCUT2D eigenvalue weighted by atomic mass is 9.72. The summed E-state index contributed by atoms with van der Waals surface area (Å²) in [6.07, 6.45) is 3.04. The van der Waals surface area contributed by atoms with Crippen molar-refractivity contribution in [1.29, 1.82) is 0 Å². The molecule has 0 radical (unpaired) electrons. The molecule has 144 valence electrons. The molecule has 1 amide bonds. The zero-order valence-electron chi connectivity index (χ0n) is 16.4. The molecule has 0 saturated carbocycles. The van der Waals surface area contributed by atoms with Crippen LogP contribution < -0.4 is 5.73 Å². The Morgan fingerprint density at radius 2 is 1.96 bits per heavy atom. The number of amides is 1. The van der Waals surface area contributed by atoms with Gasteiger partial charge in [0, 0.05) is 31.6 Å². The van der Waals surface area contributed by atoms with Gasteiger partial charge in [0.1, 0.15) is 5.60 Å². The Hall–Kier alpha value is -1.59. The zero-order chi connectivity index (χ0) is 18.8. The molecule has 0 bridgehead atoms. The van der Waals surface area contributed by atoms with Crippen LogP contribution in [0.3, 0.4) is 0 Å². The molecule has 5 nitrogen and oxygen atoms in total. The smallest absolute Gasteiger partial charge is 0.410 e. The van der Waals surface area contributed by atoms with Crippen LogP contribution in [0, 0.1) is 5.41 Å². The lowest BCUT2D eigenvalue weighted by molar-refractivity contribution is -0.0200. The predicted octanol–water partition coefficient (Wildman–Crippen LogP) is 3.24. The van der Waals surface area contributed by atoms with Gasteiger partial charge in [0.2, 0.25) is 0 Å². The van der Waals surface area contributed by atoms with Gasteiger partial charge in [-0.05, 0) is 52.1 Å². The van der Waals surface area contributed by atoms with Crippen LogP contribution >= 0.6 is 0 Å². The molecule has 1 spiro atoms. The van der Waals surface area contributed by atoms with Gasteiger partial charge in [0.15, 0.2) is 0 Å². The third kappa shape index (κ3) is 4.21. The molecule has 26 heavy (non-hydrogen) atoms. The fraction of sp³-hybridized carbons (Fsp3) is 0.667. The standard InChI is InChI=1S/C21H33N3O2/c1-20(2,3)26-19(25)24-12-7-10-21(18(24)14-22)11-13-23(16-21)15-17-8-5-4-6-9-17/h4-6,8-9,18H,7,10-16,22H2,1-3H3. The van der Waals surface area contributed by atoms with E-state index in [9.17, 15) is 4.79 Å². The number of benzene rings is 1. The van der Waals surface area contributed by atoms with Crippen LogP contribution in [-0.4, -0.2) is 53.7 Å². The van der Waals surface area contributed by atoms with Crippen LogP contribution in [-0.2, 0) is 11.3 Å². The molecule has 2 unspecified atom stereocenters. The molecule has 2 heterocycles. The van der Waals surface area contributed by atoms with E-state index in [1.165, 1.54) is 5.56 Å². The number of rotatable bonds is 3. The molecule has 2 saturated heterocycles. The van der Waals surface area contributed by atoms with Crippen LogP contribution in [0.4, 0.5) is 4.79 Å². The van der Waals surface area contributed by atoms with Crippen LogP contribution in [0.2, 0.25) is 0 Å². The number of nitrogens with two attached hydrogens (primary N) is 1. The van der Waals surface area contributed by atoms with Gasteiger partial charge in [0.05, 0.1) is 6.04 Å². The summed E-state index contributed by atoms with van der Waals surface area (Å²) in [6.45, 7) is 10.0. The summed E-state index contributed by atoms with van der Waals surface area (Å²) in [5.41, 5.74) is 7.14. The van der Waals surface area contributed by atoms with Crippen LogP contribution in [0.1, 0.15) is 45.6 Å². The van der Waals surface area contributed by atoms with E-state index in [0.29, 0.717) is 6.54 Å². The molecule has 0 aromatic heterocycles. The highest BCUT2D eigenvalue weighted by Crippen LogP contribution is 2.44. The maximum absolute atomic E-state index is 12.7. The van der Waals surface area contributed by atoms with Crippen molar-refractivity contribution in [3.8, 4) is 0 Å². The fourth-order valence-electron chi connectivity index (χ4n) is 4.61. The van der Waals surface area contributed by atoms with Crippen molar-refractivity contribution in [2.45, 2.75) is 58.2 Å². The third-order valence-corrected chi connectivity index (χ3v) is 5.72. The second-order valence-electron chi connectivity index (χ2n) is 8.84. The van der Waals surface area contributed by atoms with E-state index >= 15 is 0 Å². The van der Waals surface area contributed by atoms with Gasteiger partial charge in [-0.3, -0.25) is 4.90 Å². The topological polar surface area (TPSA) is 58.8 Å². The van der Waals surface area contributed by atoms with E-state index in [1.807, 2.05) is 25.7 Å². The molecular weight excluding hydrogens is 326 g/mol. The van der Waals surface area contributed by atoms with Crippen molar-refractivity contribution < 1.29 is 9.53 Å². The number of piperidine rings is 1. The largest absolute Gasteiger partial charge is 0.444 e. The Balaban J connectivity index is 1.71. The van der Waals surface area contributed by atoms with Crippen molar-refractivity contribution in [2.24, 2.45) is 11.1 Å². The predicted molar refractivity (Wildman–Crippen MR) is 104 cm³/mol. The quantitative estimate of drug-likeness (QED) is 0.900. The maximum Gasteiger partial charge on any atom is 0.410 e. The van der Waals surface area contributed by atoms with Crippen molar-refractivity contribution in [3.05, 3.63) is 35.9 Å². The summed E-state index contributed by atoms with van der Waals surface area (Å²) in [4.78, 5) is 17.1. The van der Waals surface area contributed by atoms with Gasteiger partial charge in [-0.15, -0.1) is 0 Å². The average molecular weight is 360 g/mol. The summed E-state index contributed by atoms with van der Waals surface area (Å²) in [6, 6.07) is 10.7. The van der Waals surface area contributed by atoms with Crippen molar-refractivity contribution in [1.82, 2.24) is 9.80 Å². The minimum atomic E-state index is -0.476. The van der Waals surface area contributed by atoms with Gasteiger partial charge in [-0.2, -0.15) is 0 Å². The SMILES string of the molecule is CC(C)(C)OC(=O)N1CCCC2(CCN(Cc3ccccc3)C2)C1CN. The third-order valence-electron chi connectivity index (χ3n) is 5.72. The minimum absolute atomic E-state index is 0.0619. The number of carbonyl (C=O) groups excluding carboxylic acids is 1. The highest BCUT2D eigenvalue weighted by Gasteiger charge is 2.49. The summed E-state index contributed by atoms with van der Waals surface area (Å²) >= 11 is 0. The Morgan fingerprint density at radius 3 is 2.62 bits per heavy atom. The number of ether oxygens (including phenoxy) is 1. The van der Waals surface area contributed by atoms with Crippen LogP contribution in [0.5, 0.6) is 0 Å². The van der Waals surface area contributed by atoms with E-state index in [-0.39, 0.29) is 17.6 Å². The molecule has 1 aromatic carbocycles. The molecule has 2 fully saturated rings. The number of carbonyl (C=O) groups is 1. The highest BCUT2D eigenvalue weighted by molar-refractivity contribution is 5.69. The van der Waals surface area contributed by atoms with Gasteiger partial charge < -0.3 is 15.4 Å². The minimum Gasteiger partial charge on any atom is -0.444 e. The Bertz CT molecular complexity index is 613. The first-order valence-corrected chi connectivity index (χ1v) is 9.79. The second kappa shape index (κ2) is 7.57. The van der Waals surface area contributed by atoms with Crippen molar-refractivity contribution in [2.75, 3.05) is 26.2 Å². The van der Waals surface area contributed by atoms with Gasteiger partial charge in [-0.1, -0.05) is 30.3 Å². The molecule has 2 N–H and O–H groups in total. The molecule has 0 aliphatic carbocycles. The Morgan fingerprint density at radius 1 is 1.23 bits per heavy atom. The number of nitrogens with zero attached hydrogens (tertiary/aromatic N) is 2. The van der Waals surface area contributed by atoms with Crippen molar-refractivity contribution >= 4 is 6.09 Å².